The lowest BCUT2D eigenvalue weighted by Crippen LogP contribution is -2.48. The van der Waals surface area contributed by atoms with Gasteiger partial charge < -0.3 is 10.6 Å². The van der Waals surface area contributed by atoms with Crippen LogP contribution in [0.3, 0.4) is 0 Å². The average molecular weight is 389 g/mol. The lowest BCUT2D eigenvalue weighted by Gasteiger charge is -2.43. The van der Waals surface area contributed by atoms with E-state index < -0.39 is 0 Å². The molecule has 2 N–H and O–H groups in total. The van der Waals surface area contributed by atoms with E-state index in [-0.39, 0.29) is 5.41 Å². The topological polar surface area (TPSA) is 67.1 Å². The van der Waals surface area contributed by atoms with Crippen molar-refractivity contribution in [1.82, 2.24) is 25.4 Å². The zero-order valence-electron chi connectivity index (χ0n) is 16.9. The van der Waals surface area contributed by atoms with Crippen molar-refractivity contribution in [2.45, 2.75) is 37.8 Å². The Labute approximate surface area is 172 Å². The van der Waals surface area contributed by atoms with Crippen molar-refractivity contribution in [1.29, 1.82) is 0 Å². The molecule has 1 saturated carbocycles. The van der Waals surface area contributed by atoms with E-state index in [4.69, 9.17) is 0 Å². The number of hydrogen-bond donors (Lipinski definition) is 2. The lowest BCUT2D eigenvalue weighted by molar-refractivity contribution is 0.244. The van der Waals surface area contributed by atoms with Crippen molar-refractivity contribution in [3.63, 3.8) is 0 Å². The van der Waals surface area contributed by atoms with Gasteiger partial charge in [-0.2, -0.15) is 5.10 Å². The Morgan fingerprint density at radius 3 is 2.59 bits per heavy atom. The molecule has 0 atom stereocenters. The highest BCUT2D eigenvalue weighted by Crippen LogP contribution is 2.43. The Morgan fingerprint density at radius 1 is 1.07 bits per heavy atom. The molecular formula is C23H28N6. The Kier molecular flexibility index (Phi) is 5.89. The van der Waals surface area contributed by atoms with Gasteiger partial charge in [0.15, 0.2) is 5.96 Å². The summed E-state index contributed by atoms with van der Waals surface area (Å²) in [5.41, 5.74) is 4.08. The summed E-state index contributed by atoms with van der Waals surface area (Å²) >= 11 is 0. The minimum atomic E-state index is 0.233. The first-order valence-corrected chi connectivity index (χ1v) is 10.2. The molecule has 0 aliphatic heterocycles. The molecule has 0 amide bonds. The largest absolute Gasteiger partial charge is 0.356 e. The van der Waals surface area contributed by atoms with Crippen LogP contribution in [-0.4, -0.2) is 34.3 Å². The quantitative estimate of drug-likeness (QED) is 0.482. The van der Waals surface area contributed by atoms with Crippen molar-refractivity contribution in [3.8, 4) is 0 Å². The summed E-state index contributed by atoms with van der Waals surface area (Å²) < 4.78 is 1.83. The van der Waals surface area contributed by atoms with Gasteiger partial charge in [-0.25, -0.2) is 9.67 Å². The molecule has 2 aromatic carbocycles. The molecule has 0 radical (unpaired) electrons. The Bertz CT molecular complexity index is 929. The fourth-order valence-corrected chi connectivity index (χ4v) is 3.96. The molecule has 1 fully saturated rings. The number of guanidine groups is 1. The second kappa shape index (κ2) is 8.90. The number of benzene rings is 2. The zero-order chi connectivity index (χ0) is 19.9. The summed E-state index contributed by atoms with van der Waals surface area (Å²) in [6.45, 7) is 2.35. The molecule has 1 aliphatic carbocycles. The highest BCUT2D eigenvalue weighted by molar-refractivity contribution is 5.79. The molecule has 0 unspecified atom stereocenters. The molecule has 29 heavy (non-hydrogen) atoms. The Hall–Kier alpha value is -3.15. The predicted molar refractivity (Wildman–Crippen MR) is 116 cm³/mol. The Morgan fingerprint density at radius 2 is 1.90 bits per heavy atom. The van der Waals surface area contributed by atoms with E-state index in [9.17, 15) is 0 Å². The molecule has 4 rings (SSSR count). The third kappa shape index (κ3) is 4.65. The molecule has 6 nitrogen and oxygen atoms in total. The molecule has 0 bridgehead atoms. The molecule has 1 aromatic heterocycles. The number of hydrogen-bond acceptors (Lipinski definition) is 3. The lowest BCUT2D eigenvalue weighted by atomic mass is 9.64. The van der Waals surface area contributed by atoms with Gasteiger partial charge >= 0.3 is 0 Å². The highest BCUT2D eigenvalue weighted by Gasteiger charge is 2.38. The maximum Gasteiger partial charge on any atom is 0.191 e. The van der Waals surface area contributed by atoms with E-state index in [1.807, 2.05) is 11.7 Å². The fourth-order valence-electron chi connectivity index (χ4n) is 3.96. The maximum atomic E-state index is 4.41. The predicted octanol–water partition coefficient (Wildman–Crippen LogP) is 3.11. The molecule has 150 valence electrons. The maximum absolute atomic E-state index is 4.41. The first kappa shape index (κ1) is 19.2. The number of aliphatic imine (C=N–C) groups is 1. The van der Waals surface area contributed by atoms with E-state index in [0.717, 1.165) is 25.6 Å². The van der Waals surface area contributed by atoms with Gasteiger partial charge in [-0.05, 0) is 29.5 Å². The van der Waals surface area contributed by atoms with E-state index in [0.29, 0.717) is 0 Å². The average Bonchev–Trinajstić information content (AvgIpc) is 3.23. The van der Waals surface area contributed by atoms with Gasteiger partial charge in [0.05, 0.1) is 6.54 Å². The molecule has 6 heteroatoms. The standard InChI is InChI=1S/C23H28N6/c1-24-22(27-16-23(11-6-12-23)21-9-3-2-4-10-21)26-14-19-7-5-8-20(13-19)15-29-18-25-17-28-29/h2-5,7-10,13,17-18H,6,11-12,14-16H2,1H3,(H2,24,26,27). The van der Waals surface area contributed by atoms with Crippen molar-refractivity contribution in [3.05, 3.63) is 83.9 Å². The molecule has 0 spiro atoms. The summed E-state index contributed by atoms with van der Waals surface area (Å²) in [6.07, 6.45) is 7.04. The van der Waals surface area contributed by atoms with E-state index in [1.54, 1.807) is 12.7 Å². The second-order valence-corrected chi connectivity index (χ2v) is 7.69. The zero-order valence-corrected chi connectivity index (χ0v) is 16.9. The Balaban J connectivity index is 1.33. The SMILES string of the molecule is CN=C(NCc1cccc(Cn2cncn2)c1)NCC1(c2ccccc2)CCC1. The third-order valence-corrected chi connectivity index (χ3v) is 5.78. The van der Waals surface area contributed by atoms with Crippen LogP contribution >= 0.6 is 0 Å². The summed E-state index contributed by atoms with van der Waals surface area (Å²) in [5.74, 6) is 0.842. The second-order valence-electron chi connectivity index (χ2n) is 7.69. The first-order chi connectivity index (χ1) is 14.3. The monoisotopic (exact) mass is 388 g/mol. The van der Waals surface area contributed by atoms with Gasteiger partial charge in [0.2, 0.25) is 0 Å². The van der Waals surface area contributed by atoms with Crippen LogP contribution in [0.25, 0.3) is 0 Å². The van der Waals surface area contributed by atoms with Gasteiger partial charge in [-0.1, -0.05) is 61.0 Å². The van der Waals surface area contributed by atoms with Crippen LogP contribution in [0.5, 0.6) is 0 Å². The van der Waals surface area contributed by atoms with Crippen molar-refractivity contribution in [2.75, 3.05) is 13.6 Å². The van der Waals surface area contributed by atoms with Crippen LogP contribution in [-0.2, 0) is 18.5 Å². The fraction of sp³-hybridized carbons (Fsp3) is 0.348. The summed E-state index contributed by atoms with van der Waals surface area (Å²) in [6, 6.07) is 19.4. The first-order valence-electron chi connectivity index (χ1n) is 10.2. The molecular weight excluding hydrogens is 360 g/mol. The highest BCUT2D eigenvalue weighted by atomic mass is 15.3. The number of aromatic nitrogens is 3. The van der Waals surface area contributed by atoms with Crippen LogP contribution in [0.2, 0.25) is 0 Å². The van der Waals surface area contributed by atoms with Crippen LogP contribution in [0.15, 0.2) is 72.2 Å². The number of nitrogens with one attached hydrogen (secondary N) is 2. The van der Waals surface area contributed by atoms with Crippen molar-refractivity contribution < 1.29 is 0 Å². The summed E-state index contributed by atoms with van der Waals surface area (Å²) in [7, 11) is 1.83. The van der Waals surface area contributed by atoms with Gasteiger partial charge in [-0.3, -0.25) is 4.99 Å². The number of rotatable bonds is 7. The third-order valence-electron chi connectivity index (χ3n) is 5.78. The summed E-state index contributed by atoms with van der Waals surface area (Å²) in [4.78, 5) is 8.41. The molecule has 3 aromatic rings. The van der Waals surface area contributed by atoms with Crippen molar-refractivity contribution >= 4 is 5.96 Å². The smallest absolute Gasteiger partial charge is 0.191 e. The van der Waals surface area contributed by atoms with Crippen molar-refractivity contribution in [2.24, 2.45) is 4.99 Å². The van der Waals surface area contributed by atoms with Crippen LogP contribution in [0.4, 0.5) is 0 Å². The summed E-state index contributed by atoms with van der Waals surface area (Å²) in [5, 5.41) is 11.2. The van der Waals surface area contributed by atoms with Crippen LogP contribution < -0.4 is 10.6 Å². The normalized spacial score (nSPS) is 15.6. The molecule has 0 saturated heterocycles. The van der Waals surface area contributed by atoms with E-state index >= 15 is 0 Å². The van der Waals surface area contributed by atoms with Gasteiger partial charge in [0, 0.05) is 25.6 Å². The van der Waals surface area contributed by atoms with Crippen LogP contribution in [0, 0.1) is 0 Å². The van der Waals surface area contributed by atoms with Gasteiger partial charge in [0.25, 0.3) is 0 Å². The van der Waals surface area contributed by atoms with Gasteiger partial charge in [-0.15, -0.1) is 0 Å². The van der Waals surface area contributed by atoms with Gasteiger partial charge in [0.1, 0.15) is 12.7 Å². The molecule has 1 aliphatic rings. The van der Waals surface area contributed by atoms with E-state index in [2.05, 4.69) is 80.3 Å². The minimum Gasteiger partial charge on any atom is -0.356 e. The van der Waals surface area contributed by atoms with Crippen LogP contribution in [0.1, 0.15) is 36.0 Å². The molecule has 1 heterocycles. The number of nitrogens with zero attached hydrogens (tertiary/aromatic N) is 4. The minimum absolute atomic E-state index is 0.233. The van der Waals surface area contributed by atoms with E-state index in [1.165, 1.54) is 36.0 Å².